The van der Waals surface area contributed by atoms with Crippen molar-refractivity contribution in [3.63, 3.8) is 0 Å². The van der Waals surface area contributed by atoms with Crippen LogP contribution in [0.4, 0.5) is 4.79 Å². The minimum Gasteiger partial charge on any atom is -0.489 e. The highest BCUT2D eigenvalue weighted by atomic mass is 16.6. The van der Waals surface area contributed by atoms with Crippen molar-refractivity contribution in [2.24, 2.45) is 0 Å². The standard InChI is InChI=1S/C17H17NO3/c19-17-18(10-11-20-17)12-14-6-8-16(9-7-14)21-13-15-4-2-1-3-5-15/h1-9H,10-13H2. The van der Waals surface area contributed by atoms with Crippen molar-refractivity contribution in [3.8, 4) is 5.75 Å². The molecule has 4 nitrogen and oxygen atoms in total. The quantitative estimate of drug-likeness (QED) is 0.845. The monoisotopic (exact) mass is 283 g/mol. The fourth-order valence-corrected chi connectivity index (χ4v) is 2.22. The van der Waals surface area contributed by atoms with Gasteiger partial charge in [-0.15, -0.1) is 0 Å². The van der Waals surface area contributed by atoms with Crippen LogP contribution < -0.4 is 4.74 Å². The van der Waals surface area contributed by atoms with Gasteiger partial charge in [-0.25, -0.2) is 4.79 Å². The van der Waals surface area contributed by atoms with Crippen molar-refractivity contribution in [1.82, 2.24) is 4.90 Å². The van der Waals surface area contributed by atoms with E-state index in [1.54, 1.807) is 4.90 Å². The number of carbonyl (C=O) groups is 1. The van der Waals surface area contributed by atoms with Crippen LogP contribution in [-0.2, 0) is 17.9 Å². The van der Waals surface area contributed by atoms with Crippen LogP contribution in [0.15, 0.2) is 54.6 Å². The molecular weight excluding hydrogens is 266 g/mol. The highest BCUT2D eigenvalue weighted by Crippen LogP contribution is 2.16. The van der Waals surface area contributed by atoms with Gasteiger partial charge in [0.1, 0.15) is 19.0 Å². The number of carbonyl (C=O) groups excluding carboxylic acids is 1. The average molecular weight is 283 g/mol. The average Bonchev–Trinajstić information content (AvgIpc) is 2.93. The Kier molecular flexibility index (Phi) is 4.05. The summed E-state index contributed by atoms with van der Waals surface area (Å²) in [5, 5.41) is 0. The maximum atomic E-state index is 11.4. The van der Waals surface area contributed by atoms with Crippen LogP contribution in [0.1, 0.15) is 11.1 Å². The minimum absolute atomic E-state index is 0.237. The Hall–Kier alpha value is -2.49. The predicted octanol–water partition coefficient (Wildman–Crippen LogP) is 3.22. The molecule has 1 saturated heterocycles. The van der Waals surface area contributed by atoms with Gasteiger partial charge < -0.3 is 14.4 Å². The van der Waals surface area contributed by atoms with E-state index in [-0.39, 0.29) is 6.09 Å². The third-order valence-corrected chi connectivity index (χ3v) is 3.39. The van der Waals surface area contributed by atoms with Crippen LogP contribution >= 0.6 is 0 Å². The molecule has 0 aliphatic carbocycles. The zero-order chi connectivity index (χ0) is 14.5. The molecule has 2 aromatic carbocycles. The summed E-state index contributed by atoms with van der Waals surface area (Å²) < 4.78 is 10.6. The molecule has 1 heterocycles. The molecule has 0 N–H and O–H groups in total. The lowest BCUT2D eigenvalue weighted by Gasteiger charge is -2.13. The van der Waals surface area contributed by atoms with Crippen LogP contribution in [0.3, 0.4) is 0 Å². The first-order valence-electron chi connectivity index (χ1n) is 6.98. The molecule has 0 bridgehead atoms. The number of cyclic esters (lactones) is 1. The maximum absolute atomic E-state index is 11.4. The van der Waals surface area contributed by atoms with Gasteiger partial charge in [0, 0.05) is 6.54 Å². The number of amides is 1. The van der Waals surface area contributed by atoms with Gasteiger partial charge in [-0.1, -0.05) is 42.5 Å². The maximum Gasteiger partial charge on any atom is 0.410 e. The summed E-state index contributed by atoms with van der Waals surface area (Å²) in [6.45, 7) is 2.28. The number of rotatable bonds is 5. The van der Waals surface area contributed by atoms with Gasteiger partial charge in [0.15, 0.2) is 0 Å². The van der Waals surface area contributed by atoms with Gasteiger partial charge in [-0.3, -0.25) is 0 Å². The fourth-order valence-electron chi connectivity index (χ4n) is 2.22. The second-order valence-corrected chi connectivity index (χ2v) is 4.95. The molecule has 1 aliphatic rings. The van der Waals surface area contributed by atoms with Gasteiger partial charge in [0.2, 0.25) is 0 Å². The van der Waals surface area contributed by atoms with Gasteiger partial charge in [-0.05, 0) is 23.3 Å². The van der Waals surface area contributed by atoms with Crippen molar-refractivity contribution in [2.45, 2.75) is 13.2 Å². The number of hydrogen-bond donors (Lipinski definition) is 0. The summed E-state index contributed by atoms with van der Waals surface area (Å²) >= 11 is 0. The number of nitrogens with zero attached hydrogens (tertiary/aromatic N) is 1. The summed E-state index contributed by atoms with van der Waals surface area (Å²) in [6.07, 6.45) is -0.237. The molecule has 1 fully saturated rings. The molecule has 21 heavy (non-hydrogen) atoms. The molecule has 4 heteroatoms. The van der Waals surface area contributed by atoms with Gasteiger partial charge >= 0.3 is 6.09 Å². The summed E-state index contributed by atoms with van der Waals surface area (Å²) in [5.74, 6) is 0.826. The van der Waals surface area contributed by atoms with E-state index in [1.165, 1.54) is 0 Å². The first-order chi connectivity index (χ1) is 10.3. The Morgan fingerprint density at radius 1 is 1.00 bits per heavy atom. The summed E-state index contributed by atoms with van der Waals surface area (Å²) in [7, 11) is 0. The molecule has 3 rings (SSSR count). The second kappa shape index (κ2) is 6.31. The van der Waals surface area contributed by atoms with E-state index in [0.717, 1.165) is 16.9 Å². The van der Waals surface area contributed by atoms with E-state index in [1.807, 2.05) is 54.6 Å². The number of benzene rings is 2. The lowest BCUT2D eigenvalue weighted by Crippen LogP contribution is -2.23. The van der Waals surface area contributed by atoms with E-state index in [2.05, 4.69) is 0 Å². The first kappa shape index (κ1) is 13.5. The molecule has 0 saturated carbocycles. The molecule has 0 unspecified atom stereocenters. The van der Waals surface area contributed by atoms with E-state index in [0.29, 0.717) is 26.3 Å². The zero-order valence-corrected chi connectivity index (χ0v) is 11.7. The third-order valence-electron chi connectivity index (χ3n) is 3.39. The Morgan fingerprint density at radius 3 is 2.43 bits per heavy atom. The largest absolute Gasteiger partial charge is 0.489 e. The summed E-state index contributed by atoms with van der Waals surface area (Å²) in [4.78, 5) is 13.1. The molecule has 0 radical (unpaired) electrons. The van der Waals surface area contributed by atoms with E-state index >= 15 is 0 Å². The van der Waals surface area contributed by atoms with Crippen LogP contribution in [-0.4, -0.2) is 24.1 Å². The summed E-state index contributed by atoms with van der Waals surface area (Å²) in [6, 6.07) is 17.9. The van der Waals surface area contributed by atoms with Crippen LogP contribution in [0.25, 0.3) is 0 Å². The normalized spacial score (nSPS) is 14.1. The van der Waals surface area contributed by atoms with Gasteiger partial charge in [0.05, 0.1) is 6.54 Å². The Balaban J connectivity index is 1.55. The topological polar surface area (TPSA) is 38.8 Å². The zero-order valence-electron chi connectivity index (χ0n) is 11.7. The minimum atomic E-state index is -0.237. The van der Waals surface area contributed by atoms with E-state index < -0.39 is 0 Å². The lowest BCUT2D eigenvalue weighted by atomic mass is 10.2. The Morgan fingerprint density at radius 2 is 1.76 bits per heavy atom. The highest BCUT2D eigenvalue weighted by molar-refractivity contribution is 5.69. The fraction of sp³-hybridized carbons (Fsp3) is 0.235. The van der Waals surface area contributed by atoms with Crippen molar-refractivity contribution < 1.29 is 14.3 Å². The van der Waals surface area contributed by atoms with Crippen molar-refractivity contribution in [1.29, 1.82) is 0 Å². The lowest BCUT2D eigenvalue weighted by molar-refractivity contribution is 0.157. The number of ether oxygens (including phenoxy) is 2. The molecule has 2 aromatic rings. The van der Waals surface area contributed by atoms with Gasteiger partial charge in [-0.2, -0.15) is 0 Å². The van der Waals surface area contributed by atoms with Crippen LogP contribution in [0.2, 0.25) is 0 Å². The van der Waals surface area contributed by atoms with Crippen LogP contribution in [0.5, 0.6) is 5.75 Å². The molecule has 0 aromatic heterocycles. The molecule has 1 aliphatic heterocycles. The predicted molar refractivity (Wildman–Crippen MR) is 79.0 cm³/mol. The third kappa shape index (κ3) is 3.54. The van der Waals surface area contributed by atoms with Gasteiger partial charge in [0.25, 0.3) is 0 Å². The first-order valence-corrected chi connectivity index (χ1v) is 6.98. The molecular formula is C17H17NO3. The molecule has 0 spiro atoms. The molecule has 108 valence electrons. The van der Waals surface area contributed by atoms with E-state index in [9.17, 15) is 4.79 Å². The molecule has 1 amide bonds. The van der Waals surface area contributed by atoms with Crippen molar-refractivity contribution in [3.05, 3.63) is 65.7 Å². The van der Waals surface area contributed by atoms with Crippen molar-refractivity contribution >= 4 is 6.09 Å². The highest BCUT2D eigenvalue weighted by Gasteiger charge is 2.21. The van der Waals surface area contributed by atoms with Crippen LogP contribution in [0, 0.1) is 0 Å². The second-order valence-electron chi connectivity index (χ2n) is 4.95. The SMILES string of the molecule is O=C1OCCN1Cc1ccc(OCc2ccccc2)cc1. The Labute approximate surface area is 123 Å². The summed E-state index contributed by atoms with van der Waals surface area (Å²) in [5.41, 5.74) is 2.21. The smallest absolute Gasteiger partial charge is 0.410 e. The molecule has 0 atom stereocenters. The van der Waals surface area contributed by atoms with Crippen molar-refractivity contribution in [2.75, 3.05) is 13.2 Å². The number of hydrogen-bond acceptors (Lipinski definition) is 3. The van der Waals surface area contributed by atoms with E-state index in [4.69, 9.17) is 9.47 Å². The Bertz CT molecular complexity index is 595.